The first-order valence-electron chi connectivity index (χ1n) is 4.75. The number of nitrogens with two attached hydrogens (primary N) is 1. The minimum atomic E-state index is -0.792. The SMILES string of the molecule is Nc1ccnc(N[C@@H]2CCC[C@H]2F)n1. The summed E-state index contributed by atoms with van der Waals surface area (Å²) in [7, 11) is 0. The minimum Gasteiger partial charge on any atom is -0.384 e. The van der Waals surface area contributed by atoms with Crippen molar-refractivity contribution in [2.24, 2.45) is 0 Å². The number of nitrogen functional groups attached to an aromatic ring is 1. The molecule has 1 aromatic rings. The van der Waals surface area contributed by atoms with E-state index < -0.39 is 6.17 Å². The molecule has 1 aliphatic rings. The molecular weight excluding hydrogens is 183 g/mol. The van der Waals surface area contributed by atoms with E-state index in [4.69, 9.17) is 5.73 Å². The number of alkyl halides is 1. The highest BCUT2D eigenvalue weighted by molar-refractivity contribution is 5.36. The predicted octanol–water partition coefficient (Wildman–Crippen LogP) is 1.36. The fourth-order valence-corrected chi connectivity index (χ4v) is 1.69. The summed E-state index contributed by atoms with van der Waals surface area (Å²) < 4.78 is 13.2. The Kier molecular flexibility index (Phi) is 2.47. The molecule has 14 heavy (non-hydrogen) atoms. The van der Waals surface area contributed by atoms with Crippen LogP contribution in [0.3, 0.4) is 0 Å². The Balaban J connectivity index is 2.03. The van der Waals surface area contributed by atoms with Crippen molar-refractivity contribution in [1.29, 1.82) is 0 Å². The molecule has 1 fully saturated rings. The lowest BCUT2D eigenvalue weighted by Gasteiger charge is -2.14. The lowest BCUT2D eigenvalue weighted by atomic mass is 10.2. The van der Waals surface area contributed by atoms with Gasteiger partial charge in [-0.3, -0.25) is 0 Å². The average molecular weight is 196 g/mol. The third kappa shape index (κ3) is 1.92. The van der Waals surface area contributed by atoms with Crippen LogP contribution in [0, 0.1) is 0 Å². The van der Waals surface area contributed by atoms with Crippen molar-refractivity contribution in [1.82, 2.24) is 9.97 Å². The van der Waals surface area contributed by atoms with E-state index in [9.17, 15) is 4.39 Å². The first-order chi connectivity index (χ1) is 6.75. The molecular formula is C9H13FN4. The smallest absolute Gasteiger partial charge is 0.224 e. The Hall–Kier alpha value is -1.39. The number of hydrogen-bond acceptors (Lipinski definition) is 4. The maximum absolute atomic E-state index is 13.2. The van der Waals surface area contributed by atoms with Gasteiger partial charge in [0, 0.05) is 6.20 Å². The van der Waals surface area contributed by atoms with Crippen LogP contribution in [0.1, 0.15) is 19.3 Å². The quantitative estimate of drug-likeness (QED) is 0.749. The third-order valence-corrected chi connectivity index (χ3v) is 2.42. The number of aromatic nitrogens is 2. The van der Waals surface area contributed by atoms with Gasteiger partial charge in [0.1, 0.15) is 12.0 Å². The molecule has 0 aliphatic heterocycles. The first kappa shape index (κ1) is 9.18. The topological polar surface area (TPSA) is 63.8 Å². The molecule has 0 spiro atoms. The molecule has 4 nitrogen and oxygen atoms in total. The van der Waals surface area contributed by atoms with Crippen molar-refractivity contribution in [3.05, 3.63) is 12.3 Å². The van der Waals surface area contributed by atoms with Gasteiger partial charge in [0.05, 0.1) is 6.04 Å². The molecule has 0 aromatic carbocycles. The van der Waals surface area contributed by atoms with Crippen LogP contribution >= 0.6 is 0 Å². The summed E-state index contributed by atoms with van der Waals surface area (Å²) >= 11 is 0. The normalized spacial score (nSPS) is 26.4. The largest absolute Gasteiger partial charge is 0.384 e. The van der Waals surface area contributed by atoms with Crippen LogP contribution in [0.25, 0.3) is 0 Å². The molecule has 76 valence electrons. The number of hydrogen-bond donors (Lipinski definition) is 2. The summed E-state index contributed by atoms with van der Waals surface area (Å²) in [6.45, 7) is 0. The summed E-state index contributed by atoms with van der Waals surface area (Å²) in [5.41, 5.74) is 5.48. The number of rotatable bonds is 2. The van der Waals surface area contributed by atoms with Gasteiger partial charge in [-0.15, -0.1) is 0 Å². The second-order valence-corrected chi connectivity index (χ2v) is 3.50. The van der Waals surface area contributed by atoms with Crippen molar-refractivity contribution in [3.8, 4) is 0 Å². The zero-order valence-corrected chi connectivity index (χ0v) is 7.78. The van der Waals surface area contributed by atoms with Gasteiger partial charge in [0.2, 0.25) is 5.95 Å². The van der Waals surface area contributed by atoms with E-state index in [0.29, 0.717) is 18.2 Å². The van der Waals surface area contributed by atoms with E-state index in [1.165, 1.54) is 0 Å². The number of anilines is 2. The highest BCUT2D eigenvalue weighted by atomic mass is 19.1. The van der Waals surface area contributed by atoms with E-state index >= 15 is 0 Å². The van der Waals surface area contributed by atoms with Crippen LogP contribution in [-0.4, -0.2) is 22.2 Å². The zero-order valence-electron chi connectivity index (χ0n) is 7.78. The molecule has 0 unspecified atom stereocenters. The van der Waals surface area contributed by atoms with Crippen LogP contribution < -0.4 is 11.1 Å². The Morgan fingerprint density at radius 1 is 1.50 bits per heavy atom. The second kappa shape index (κ2) is 3.77. The van der Waals surface area contributed by atoms with Crippen molar-refractivity contribution in [2.75, 3.05) is 11.1 Å². The lowest BCUT2D eigenvalue weighted by Crippen LogP contribution is -2.26. The highest BCUT2D eigenvalue weighted by Gasteiger charge is 2.27. The third-order valence-electron chi connectivity index (χ3n) is 2.42. The molecule has 0 amide bonds. The molecule has 0 saturated heterocycles. The van der Waals surface area contributed by atoms with Gasteiger partial charge in [-0.25, -0.2) is 9.37 Å². The van der Waals surface area contributed by atoms with Gasteiger partial charge < -0.3 is 11.1 Å². The number of nitrogens with one attached hydrogen (secondary N) is 1. The van der Waals surface area contributed by atoms with Crippen LogP contribution in [0.4, 0.5) is 16.2 Å². The van der Waals surface area contributed by atoms with Crippen LogP contribution in [0.2, 0.25) is 0 Å². The molecule has 0 radical (unpaired) electrons. The van der Waals surface area contributed by atoms with Gasteiger partial charge in [-0.2, -0.15) is 4.98 Å². The average Bonchev–Trinajstić information content (AvgIpc) is 2.52. The lowest BCUT2D eigenvalue weighted by molar-refractivity contribution is 0.323. The fraction of sp³-hybridized carbons (Fsp3) is 0.556. The molecule has 2 rings (SSSR count). The maximum Gasteiger partial charge on any atom is 0.224 e. The zero-order chi connectivity index (χ0) is 9.97. The van der Waals surface area contributed by atoms with Crippen molar-refractivity contribution in [2.45, 2.75) is 31.5 Å². The molecule has 3 N–H and O–H groups in total. The highest BCUT2D eigenvalue weighted by Crippen LogP contribution is 2.24. The molecule has 5 heteroatoms. The monoisotopic (exact) mass is 196 g/mol. The molecule has 1 saturated carbocycles. The van der Waals surface area contributed by atoms with Gasteiger partial charge in [0.15, 0.2) is 0 Å². The molecule has 0 bridgehead atoms. The number of nitrogens with zero attached hydrogens (tertiary/aromatic N) is 2. The van der Waals surface area contributed by atoms with E-state index in [2.05, 4.69) is 15.3 Å². The van der Waals surface area contributed by atoms with E-state index in [1.54, 1.807) is 12.3 Å². The predicted molar refractivity (Wildman–Crippen MR) is 52.6 cm³/mol. The molecule has 1 aliphatic carbocycles. The van der Waals surface area contributed by atoms with Crippen molar-refractivity contribution in [3.63, 3.8) is 0 Å². The summed E-state index contributed by atoms with van der Waals surface area (Å²) in [4.78, 5) is 7.93. The van der Waals surface area contributed by atoms with E-state index in [1.807, 2.05) is 0 Å². The van der Waals surface area contributed by atoms with E-state index in [-0.39, 0.29) is 6.04 Å². The number of halogens is 1. The van der Waals surface area contributed by atoms with E-state index in [0.717, 1.165) is 12.8 Å². The van der Waals surface area contributed by atoms with Gasteiger partial charge in [-0.05, 0) is 25.3 Å². The summed E-state index contributed by atoms with van der Waals surface area (Å²) in [5.74, 6) is 0.815. The van der Waals surface area contributed by atoms with Crippen LogP contribution in [-0.2, 0) is 0 Å². The first-order valence-corrected chi connectivity index (χ1v) is 4.75. The molecule has 2 atom stereocenters. The molecule has 1 heterocycles. The van der Waals surface area contributed by atoms with Gasteiger partial charge in [0.25, 0.3) is 0 Å². The van der Waals surface area contributed by atoms with Crippen LogP contribution in [0.15, 0.2) is 12.3 Å². The van der Waals surface area contributed by atoms with Gasteiger partial charge >= 0.3 is 0 Å². The Morgan fingerprint density at radius 2 is 2.36 bits per heavy atom. The fourth-order valence-electron chi connectivity index (χ4n) is 1.69. The second-order valence-electron chi connectivity index (χ2n) is 3.50. The van der Waals surface area contributed by atoms with Crippen molar-refractivity contribution < 1.29 is 4.39 Å². The Labute approximate surface area is 81.7 Å². The Morgan fingerprint density at radius 3 is 3.00 bits per heavy atom. The maximum atomic E-state index is 13.2. The summed E-state index contributed by atoms with van der Waals surface area (Å²) in [6.07, 6.45) is 3.15. The van der Waals surface area contributed by atoms with Crippen LogP contribution in [0.5, 0.6) is 0 Å². The van der Waals surface area contributed by atoms with Crippen molar-refractivity contribution >= 4 is 11.8 Å². The van der Waals surface area contributed by atoms with Gasteiger partial charge in [-0.1, -0.05) is 0 Å². The Bertz CT molecular complexity index is 317. The standard InChI is InChI=1S/C9H13FN4/c10-6-2-1-3-7(6)13-9-12-5-4-8(11)14-9/h4-7H,1-3H2,(H3,11,12,13,14)/t6-,7-/m1/s1. The molecule has 1 aromatic heterocycles. The summed E-state index contributed by atoms with van der Waals surface area (Å²) in [6, 6.07) is 1.45. The summed E-state index contributed by atoms with van der Waals surface area (Å²) in [5, 5.41) is 2.95. The minimum absolute atomic E-state index is 0.156.